The second kappa shape index (κ2) is 7.06. The zero-order valence-corrected chi connectivity index (χ0v) is 12.5. The second-order valence-electron chi connectivity index (χ2n) is 5.09. The number of nitrogens with one attached hydrogen (secondary N) is 1. The Kier molecular flexibility index (Phi) is 5.40. The fraction of sp³-hybridized carbons (Fsp3) is 0.600. The molecule has 0 amide bonds. The number of benzene rings is 1. The van der Waals surface area contributed by atoms with Crippen molar-refractivity contribution in [2.45, 2.75) is 37.1 Å². The molecule has 0 radical (unpaired) electrons. The van der Waals surface area contributed by atoms with E-state index in [1.807, 2.05) is 24.3 Å². The van der Waals surface area contributed by atoms with Crippen LogP contribution >= 0.6 is 0 Å². The van der Waals surface area contributed by atoms with Crippen LogP contribution in [-0.4, -0.2) is 29.7 Å². The van der Waals surface area contributed by atoms with E-state index in [-0.39, 0.29) is 0 Å². The molecule has 0 spiro atoms. The Labute approximate surface area is 118 Å². The maximum atomic E-state index is 12.4. The van der Waals surface area contributed by atoms with Crippen molar-refractivity contribution in [3.05, 3.63) is 24.3 Å². The molecule has 2 unspecified atom stereocenters. The first-order valence-corrected chi connectivity index (χ1v) is 8.32. The molecule has 2 atom stereocenters. The van der Waals surface area contributed by atoms with Crippen molar-refractivity contribution in [2.24, 2.45) is 5.92 Å². The highest BCUT2D eigenvalue weighted by molar-refractivity contribution is 7.85. The summed E-state index contributed by atoms with van der Waals surface area (Å²) >= 11 is 0. The van der Waals surface area contributed by atoms with Crippen LogP contribution in [0, 0.1) is 5.92 Å². The first kappa shape index (κ1) is 14.5. The van der Waals surface area contributed by atoms with Gasteiger partial charge in [0, 0.05) is 16.7 Å². The van der Waals surface area contributed by atoms with Gasteiger partial charge in [0.1, 0.15) is 5.75 Å². The van der Waals surface area contributed by atoms with Crippen molar-refractivity contribution in [3.63, 3.8) is 0 Å². The molecule has 1 saturated carbocycles. The summed E-state index contributed by atoms with van der Waals surface area (Å²) in [4.78, 5) is 0.893. The summed E-state index contributed by atoms with van der Waals surface area (Å²) in [5, 5.41) is 3.54. The number of hydrogen-bond donors (Lipinski definition) is 1. The summed E-state index contributed by atoms with van der Waals surface area (Å²) in [5.41, 5.74) is 0. The van der Waals surface area contributed by atoms with Crippen LogP contribution in [0.2, 0.25) is 0 Å². The van der Waals surface area contributed by atoms with E-state index >= 15 is 0 Å². The van der Waals surface area contributed by atoms with Crippen LogP contribution in [0.15, 0.2) is 29.2 Å². The lowest BCUT2D eigenvalue weighted by Crippen LogP contribution is -2.36. The van der Waals surface area contributed by atoms with Gasteiger partial charge < -0.3 is 10.1 Å². The molecule has 1 aliphatic rings. The summed E-state index contributed by atoms with van der Waals surface area (Å²) in [7, 11) is 0.717. The fourth-order valence-corrected chi connectivity index (χ4v) is 3.53. The van der Waals surface area contributed by atoms with E-state index < -0.39 is 10.8 Å². The van der Waals surface area contributed by atoms with E-state index in [1.54, 1.807) is 7.11 Å². The molecular weight excluding hydrogens is 258 g/mol. The van der Waals surface area contributed by atoms with E-state index in [0.29, 0.717) is 6.04 Å². The molecule has 1 aromatic rings. The second-order valence-corrected chi connectivity index (χ2v) is 6.58. The third-order valence-corrected chi connectivity index (χ3v) is 4.96. The predicted molar refractivity (Wildman–Crippen MR) is 79.1 cm³/mol. The Balaban J connectivity index is 1.93. The monoisotopic (exact) mass is 281 g/mol. The van der Waals surface area contributed by atoms with E-state index in [1.165, 1.54) is 12.8 Å². The van der Waals surface area contributed by atoms with E-state index in [0.717, 1.165) is 35.3 Å². The first-order valence-electron chi connectivity index (χ1n) is 7.00. The van der Waals surface area contributed by atoms with Crippen LogP contribution < -0.4 is 10.1 Å². The number of rotatable bonds is 8. The minimum absolute atomic E-state index is 0.405. The van der Waals surface area contributed by atoms with Crippen LogP contribution in [-0.2, 0) is 10.8 Å². The van der Waals surface area contributed by atoms with Crippen molar-refractivity contribution < 1.29 is 8.95 Å². The van der Waals surface area contributed by atoms with Gasteiger partial charge in [0.25, 0.3) is 0 Å². The smallest absolute Gasteiger partial charge is 0.118 e. The molecule has 1 fully saturated rings. The minimum Gasteiger partial charge on any atom is -0.497 e. The highest BCUT2D eigenvalue weighted by Gasteiger charge is 2.31. The lowest BCUT2D eigenvalue weighted by Gasteiger charge is -2.17. The maximum Gasteiger partial charge on any atom is 0.118 e. The Bertz CT molecular complexity index is 415. The summed E-state index contributed by atoms with van der Waals surface area (Å²) in [5.74, 6) is 2.26. The van der Waals surface area contributed by atoms with Gasteiger partial charge in [-0.25, -0.2) is 0 Å². The van der Waals surface area contributed by atoms with Crippen molar-refractivity contribution in [2.75, 3.05) is 19.4 Å². The average molecular weight is 281 g/mol. The Morgan fingerprint density at radius 1 is 1.37 bits per heavy atom. The lowest BCUT2D eigenvalue weighted by molar-refractivity contribution is 0.414. The van der Waals surface area contributed by atoms with Gasteiger partial charge >= 0.3 is 0 Å². The number of ether oxygens (including phenoxy) is 1. The summed E-state index contributed by atoms with van der Waals surface area (Å²) in [6.45, 7) is 3.18. The summed E-state index contributed by atoms with van der Waals surface area (Å²) in [6, 6.07) is 7.96. The molecule has 4 heteroatoms. The molecule has 3 nitrogen and oxygen atoms in total. The zero-order chi connectivity index (χ0) is 13.7. The van der Waals surface area contributed by atoms with Crippen molar-refractivity contribution in [1.29, 1.82) is 0 Å². The van der Waals surface area contributed by atoms with Gasteiger partial charge in [-0.15, -0.1) is 0 Å². The third kappa shape index (κ3) is 4.32. The summed E-state index contributed by atoms with van der Waals surface area (Å²) in [6.07, 6.45) is 3.68. The van der Waals surface area contributed by atoms with Crippen LogP contribution in [0.25, 0.3) is 0 Å². The van der Waals surface area contributed by atoms with E-state index in [2.05, 4.69) is 12.2 Å². The fourth-order valence-electron chi connectivity index (χ4n) is 2.18. The lowest BCUT2D eigenvalue weighted by atomic mass is 10.2. The highest BCUT2D eigenvalue weighted by Crippen LogP contribution is 2.33. The number of hydrogen-bond acceptors (Lipinski definition) is 3. The largest absolute Gasteiger partial charge is 0.497 e. The SMILES string of the molecule is CCCNC(CS(=O)c1ccc(OC)cc1)C1CC1. The van der Waals surface area contributed by atoms with Gasteiger partial charge in [-0.1, -0.05) is 6.92 Å². The van der Waals surface area contributed by atoms with Crippen molar-refractivity contribution in [3.8, 4) is 5.75 Å². The minimum atomic E-state index is -0.926. The molecule has 106 valence electrons. The maximum absolute atomic E-state index is 12.4. The Hall–Kier alpha value is -0.870. The average Bonchev–Trinajstić information content (AvgIpc) is 3.28. The molecule has 1 aromatic carbocycles. The molecule has 0 bridgehead atoms. The highest BCUT2D eigenvalue weighted by atomic mass is 32.2. The van der Waals surface area contributed by atoms with Crippen LogP contribution in [0.3, 0.4) is 0 Å². The van der Waals surface area contributed by atoms with E-state index in [4.69, 9.17) is 4.74 Å². The van der Waals surface area contributed by atoms with Crippen molar-refractivity contribution in [1.82, 2.24) is 5.32 Å². The Morgan fingerprint density at radius 2 is 2.05 bits per heavy atom. The molecule has 0 aliphatic heterocycles. The van der Waals surface area contributed by atoms with Gasteiger partial charge in [0.15, 0.2) is 0 Å². The molecule has 1 aliphatic carbocycles. The Morgan fingerprint density at radius 3 is 2.58 bits per heavy atom. The quantitative estimate of drug-likeness (QED) is 0.796. The standard InChI is InChI=1S/C15H23NO2S/c1-3-10-16-15(12-4-5-12)11-19(17)14-8-6-13(18-2)7-9-14/h6-9,12,15-16H,3-5,10-11H2,1-2H3. The molecule has 0 aromatic heterocycles. The normalized spacial score (nSPS) is 18.0. The van der Waals surface area contributed by atoms with Gasteiger partial charge in [-0.3, -0.25) is 4.21 Å². The van der Waals surface area contributed by atoms with Gasteiger partial charge in [-0.2, -0.15) is 0 Å². The number of methoxy groups -OCH3 is 1. The molecule has 0 saturated heterocycles. The van der Waals surface area contributed by atoms with Gasteiger partial charge in [0.2, 0.25) is 0 Å². The first-order chi connectivity index (χ1) is 9.24. The van der Waals surface area contributed by atoms with Crippen LogP contribution in [0.1, 0.15) is 26.2 Å². The topological polar surface area (TPSA) is 38.3 Å². The van der Waals surface area contributed by atoms with Gasteiger partial charge in [0.05, 0.1) is 17.9 Å². The molecule has 2 rings (SSSR count). The van der Waals surface area contributed by atoms with Crippen molar-refractivity contribution >= 4 is 10.8 Å². The third-order valence-electron chi connectivity index (χ3n) is 3.50. The molecule has 1 N–H and O–H groups in total. The van der Waals surface area contributed by atoms with Crippen LogP contribution in [0.5, 0.6) is 5.75 Å². The van der Waals surface area contributed by atoms with Gasteiger partial charge in [-0.05, 0) is 56.0 Å². The predicted octanol–water partition coefficient (Wildman–Crippen LogP) is 2.58. The zero-order valence-electron chi connectivity index (χ0n) is 11.7. The molecular formula is C15H23NO2S. The summed E-state index contributed by atoms with van der Waals surface area (Å²) < 4.78 is 17.5. The van der Waals surface area contributed by atoms with Crippen LogP contribution in [0.4, 0.5) is 0 Å². The molecule has 19 heavy (non-hydrogen) atoms. The molecule has 0 heterocycles. The van der Waals surface area contributed by atoms with E-state index in [9.17, 15) is 4.21 Å².